The summed E-state index contributed by atoms with van der Waals surface area (Å²) in [7, 11) is -1.51. The first-order chi connectivity index (χ1) is 14.1. The van der Waals surface area contributed by atoms with Crippen LogP contribution < -0.4 is 0 Å². The Morgan fingerprint density at radius 3 is 2.23 bits per heavy atom. The molecule has 12 heteroatoms. The van der Waals surface area contributed by atoms with Crippen LogP contribution in [0, 0.1) is 13.8 Å². The molecule has 2 rings (SSSR count). The highest BCUT2D eigenvalue weighted by Gasteiger charge is 2.37. The number of amides is 1. The molecule has 10 nitrogen and oxygen atoms in total. The molecule has 0 radical (unpaired) electrons. The van der Waals surface area contributed by atoms with Gasteiger partial charge in [-0.25, -0.2) is 13.2 Å². The van der Waals surface area contributed by atoms with Gasteiger partial charge in [0.1, 0.15) is 22.0 Å². The number of carbonyl (C=O) groups is 3. The van der Waals surface area contributed by atoms with Gasteiger partial charge in [-0.1, -0.05) is 0 Å². The normalized spacial score (nSPS) is 15.1. The van der Waals surface area contributed by atoms with E-state index in [2.05, 4.69) is 4.74 Å². The van der Waals surface area contributed by atoms with Gasteiger partial charge in [-0.05, 0) is 13.8 Å². The van der Waals surface area contributed by atoms with Crippen LogP contribution >= 0.6 is 11.8 Å². The highest BCUT2D eigenvalue weighted by Crippen LogP contribution is 2.30. The summed E-state index contributed by atoms with van der Waals surface area (Å²) in [6, 6.07) is 0. The molecule has 2 heterocycles. The lowest BCUT2D eigenvalue weighted by molar-refractivity contribution is -0.137. The Morgan fingerprint density at radius 2 is 1.67 bits per heavy atom. The fraction of sp³-hybridized carbons (Fsp3) is 0.611. The number of thioether (sulfide) groups is 1. The number of methoxy groups -OCH3 is 2. The van der Waals surface area contributed by atoms with Crippen LogP contribution in [0.5, 0.6) is 0 Å². The van der Waals surface area contributed by atoms with E-state index in [0.717, 1.165) is 0 Å². The van der Waals surface area contributed by atoms with E-state index in [1.165, 1.54) is 44.1 Å². The Balaban J connectivity index is 2.00. The number of furan rings is 1. The maximum atomic E-state index is 13.1. The molecule has 0 spiro atoms. The molecule has 0 unspecified atom stereocenters. The maximum absolute atomic E-state index is 13.1. The van der Waals surface area contributed by atoms with Crippen molar-refractivity contribution in [2.45, 2.75) is 25.2 Å². The number of sulfonamides is 1. The minimum atomic E-state index is -3.99. The Morgan fingerprint density at radius 1 is 1.03 bits per heavy atom. The maximum Gasteiger partial charge on any atom is 0.342 e. The molecule has 0 N–H and O–H groups in total. The molecule has 168 valence electrons. The van der Waals surface area contributed by atoms with Crippen LogP contribution in [0.1, 0.15) is 28.3 Å². The van der Waals surface area contributed by atoms with Gasteiger partial charge in [0.25, 0.3) is 0 Å². The van der Waals surface area contributed by atoms with Crippen LogP contribution in [0.15, 0.2) is 9.31 Å². The van der Waals surface area contributed by atoms with Gasteiger partial charge in [0.2, 0.25) is 15.9 Å². The molecule has 1 aromatic rings. The Hall–Kier alpha value is -2.05. The summed E-state index contributed by atoms with van der Waals surface area (Å²) in [5, 5.41) is 0. The van der Waals surface area contributed by atoms with Gasteiger partial charge >= 0.3 is 11.9 Å². The standard InChI is InChI=1S/C18H26N2O8S2/c1-12-16(18(23)27-4)17(13(2)28-12)30(24,25)20-8-6-19(7-9-20)14(21)5-10-29-11-15(22)26-3/h5-11H2,1-4H3. The van der Waals surface area contributed by atoms with Gasteiger partial charge in [0.05, 0.1) is 20.0 Å². The molecule has 1 amide bonds. The number of esters is 2. The molecule has 0 saturated carbocycles. The van der Waals surface area contributed by atoms with Crippen LogP contribution in [0.2, 0.25) is 0 Å². The van der Waals surface area contributed by atoms with E-state index < -0.39 is 16.0 Å². The second-order valence-electron chi connectivity index (χ2n) is 6.57. The first-order valence-electron chi connectivity index (χ1n) is 9.24. The molecule has 1 aromatic heterocycles. The van der Waals surface area contributed by atoms with E-state index in [-0.39, 0.29) is 72.2 Å². The molecule has 1 aliphatic rings. The number of piperazine rings is 1. The van der Waals surface area contributed by atoms with Crippen molar-refractivity contribution in [3.8, 4) is 0 Å². The van der Waals surface area contributed by atoms with Crippen LogP contribution in [-0.4, -0.2) is 87.4 Å². The van der Waals surface area contributed by atoms with Crippen molar-refractivity contribution in [1.82, 2.24) is 9.21 Å². The van der Waals surface area contributed by atoms with Gasteiger partial charge in [-0.3, -0.25) is 9.59 Å². The Labute approximate surface area is 179 Å². The van der Waals surface area contributed by atoms with Crippen molar-refractivity contribution in [3.05, 3.63) is 17.1 Å². The average Bonchev–Trinajstić information content (AvgIpc) is 3.04. The third-order valence-corrected chi connectivity index (χ3v) is 7.68. The van der Waals surface area contributed by atoms with Crippen LogP contribution in [0.4, 0.5) is 0 Å². The summed E-state index contributed by atoms with van der Waals surface area (Å²) in [4.78, 5) is 36.9. The van der Waals surface area contributed by atoms with E-state index in [9.17, 15) is 22.8 Å². The Kier molecular flexibility index (Phi) is 8.33. The van der Waals surface area contributed by atoms with Crippen LogP contribution in [-0.2, 0) is 29.1 Å². The lowest BCUT2D eigenvalue weighted by Crippen LogP contribution is -2.50. The molecule has 0 atom stereocenters. The van der Waals surface area contributed by atoms with Gasteiger partial charge in [-0.15, -0.1) is 11.8 Å². The number of carbonyl (C=O) groups excluding carboxylic acids is 3. The summed E-state index contributed by atoms with van der Waals surface area (Å²) < 4.78 is 42.2. The van der Waals surface area contributed by atoms with Crippen molar-refractivity contribution < 1.29 is 36.7 Å². The molecule has 1 aliphatic heterocycles. The second kappa shape index (κ2) is 10.3. The van der Waals surface area contributed by atoms with E-state index in [4.69, 9.17) is 9.15 Å². The Bertz CT molecular complexity index is 902. The van der Waals surface area contributed by atoms with Gasteiger partial charge in [0, 0.05) is 38.4 Å². The van der Waals surface area contributed by atoms with Crippen molar-refractivity contribution in [2.75, 3.05) is 51.9 Å². The number of hydrogen-bond acceptors (Lipinski definition) is 9. The summed E-state index contributed by atoms with van der Waals surface area (Å²) in [5.41, 5.74) is -0.101. The number of nitrogens with zero attached hydrogens (tertiary/aromatic N) is 2. The molecular weight excluding hydrogens is 436 g/mol. The van der Waals surface area contributed by atoms with E-state index in [0.29, 0.717) is 5.75 Å². The van der Waals surface area contributed by atoms with Crippen molar-refractivity contribution in [2.24, 2.45) is 0 Å². The lowest BCUT2D eigenvalue weighted by Gasteiger charge is -2.34. The number of rotatable bonds is 8. The summed E-state index contributed by atoms with van der Waals surface area (Å²) in [6.07, 6.45) is 0.251. The molecule has 0 aliphatic carbocycles. The van der Waals surface area contributed by atoms with Crippen molar-refractivity contribution in [1.29, 1.82) is 0 Å². The van der Waals surface area contributed by atoms with Gasteiger partial charge in [0.15, 0.2) is 0 Å². The van der Waals surface area contributed by atoms with Crippen LogP contribution in [0.25, 0.3) is 0 Å². The topological polar surface area (TPSA) is 123 Å². The van der Waals surface area contributed by atoms with Gasteiger partial charge in [-0.2, -0.15) is 4.31 Å². The predicted molar refractivity (Wildman–Crippen MR) is 109 cm³/mol. The third-order valence-electron chi connectivity index (χ3n) is 4.69. The molecule has 30 heavy (non-hydrogen) atoms. The van der Waals surface area contributed by atoms with Gasteiger partial charge < -0.3 is 18.8 Å². The van der Waals surface area contributed by atoms with Crippen molar-refractivity contribution in [3.63, 3.8) is 0 Å². The average molecular weight is 463 g/mol. The largest absolute Gasteiger partial charge is 0.468 e. The molecule has 0 bridgehead atoms. The van der Waals surface area contributed by atoms with Crippen molar-refractivity contribution >= 4 is 39.6 Å². The lowest BCUT2D eigenvalue weighted by atomic mass is 10.2. The summed E-state index contributed by atoms with van der Waals surface area (Å²) >= 11 is 1.31. The second-order valence-corrected chi connectivity index (χ2v) is 9.55. The quantitative estimate of drug-likeness (QED) is 0.408. The molecular formula is C18H26N2O8S2. The zero-order valence-corrected chi connectivity index (χ0v) is 19.1. The first-order valence-corrected chi connectivity index (χ1v) is 11.8. The SMILES string of the molecule is COC(=O)CSCCC(=O)N1CCN(S(=O)(=O)c2c(C)oc(C)c2C(=O)OC)CC1. The number of aryl methyl sites for hydroxylation is 2. The molecule has 0 aromatic carbocycles. The minimum absolute atomic E-state index is 0.101. The minimum Gasteiger partial charge on any atom is -0.468 e. The molecule has 1 saturated heterocycles. The summed E-state index contributed by atoms with van der Waals surface area (Å²) in [5.74, 6) is -0.270. The van der Waals surface area contributed by atoms with E-state index in [1.807, 2.05) is 0 Å². The monoisotopic (exact) mass is 462 g/mol. The highest BCUT2D eigenvalue weighted by atomic mass is 32.2. The zero-order chi connectivity index (χ0) is 22.5. The fourth-order valence-electron chi connectivity index (χ4n) is 3.15. The predicted octanol–water partition coefficient (Wildman–Crippen LogP) is 0.812. The smallest absolute Gasteiger partial charge is 0.342 e. The summed E-state index contributed by atoms with van der Waals surface area (Å²) in [6.45, 7) is 3.68. The van der Waals surface area contributed by atoms with E-state index >= 15 is 0 Å². The number of ether oxygens (including phenoxy) is 2. The first kappa shape index (κ1) is 24.2. The van der Waals surface area contributed by atoms with Crippen LogP contribution in [0.3, 0.4) is 0 Å². The highest BCUT2D eigenvalue weighted by molar-refractivity contribution is 7.99. The fourth-order valence-corrected chi connectivity index (χ4v) is 5.69. The molecule has 1 fully saturated rings. The number of hydrogen-bond donors (Lipinski definition) is 0. The zero-order valence-electron chi connectivity index (χ0n) is 17.4. The van der Waals surface area contributed by atoms with E-state index in [1.54, 1.807) is 4.90 Å². The third kappa shape index (κ3) is 5.35.